The fraction of sp³-hybridized carbons (Fsp3) is 0.0566. The number of hydrogen-bond donors (Lipinski definition) is 0. The van der Waals surface area contributed by atoms with Crippen LogP contribution in [0.25, 0.3) is 71.3 Å². The number of benzene rings is 9. The molecule has 9 aromatic carbocycles. The summed E-state index contributed by atoms with van der Waals surface area (Å²) in [5.41, 5.74) is 14.8. The lowest BCUT2D eigenvalue weighted by atomic mass is 9.82. The van der Waals surface area contributed by atoms with Crippen molar-refractivity contribution in [3.63, 3.8) is 0 Å². The maximum atomic E-state index is 2.44. The molecule has 55 heavy (non-hydrogen) atoms. The summed E-state index contributed by atoms with van der Waals surface area (Å²) in [5, 5.41) is 7.54. The second-order valence-electron chi connectivity index (χ2n) is 15.3. The van der Waals surface area contributed by atoms with Gasteiger partial charge in [0.2, 0.25) is 0 Å². The van der Waals surface area contributed by atoms with Gasteiger partial charge in [-0.05, 0) is 104 Å². The van der Waals surface area contributed by atoms with Crippen LogP contribution in [0, 0.1) is 0 Å². The molecule has 10 aromatic rings. The van der Waals surface area contributed by atoms with Gasteiger partial charge in [0.15, 0.2) is 0 Å². The molecule has 0 atom stereocenters. The van der Waals surface area contributed by atoms with Crippen LogP contribution < -0.4 is 4.90 Å². The number of nitrogens with zero attached hydrogens (tertiary/aromatic N) is 2. The van der Waals surface area contributed by atoms with E-state index >= 15 is 0 Å². The SMILES string of the molecule is CC1(C)c2ccccc2-c2ccc(N(c3ccc(-n4c5ccccc5c5c6c(-c7ccccc7)cccc6ccc54)cc3)c3cccc4ccccc34)cc21. The molecular weight excluding hydrogens is 665 g/mol. The number of para-hydroxylation sites is 1. The number of aromatic nitrogens is 1. The minimum absolute atomic E-state index is 0.0999. The van der Waals surface area contributed by atoms with E-state index in [1.165, 1.54) is 76.7 Å². The van der Waals surface area contributed by atoms with Crippen LogP contribution in [0.3, 0.4) is 0 Å². The molecule has 0 saturated carbocycles. The topological polar surface area (TPSA) is 8.17 Å². The molecule has 1 aromatic heterocycles. The highest BCUT2D eigenvalue weighted by Gasteiger charge is 2.35. The summed E-state index contributed by atoms with van der Waals surface area (Å²) in [4.78, 5) is 2.44. The Morgan fingerprint density at radius 3 is 1.95 bits per heavy atom. The quantitative estimate of drug-likeness (QED) is 0.173. The van der Waals surface area contributed by atoms with Crippen LogP contribution in [-0.2, 0) is 5.41 Å². The average molecular weight is 703 g/mol. The monoisotopic (exact) mass is 702 g/mol. The first-order valence-corrected chi connectivity index (χ1v) is 19.2. The van der Waals surface area contributed by atoms with Crippen molar-refractivity contribution in [1.82, 2.24) is 4.57 Å². The van der Waals surface area contributed by atoms with Crippen LogP contribution in [0.4, 0.5) is 17.1 Å². The van der Waals surface area contributed by atoms with Gasteiger partial charge >= 0.3 is 0 Å². The second kappa shape index (κ2) is 12.1. The first kappa shape index (κ1) is 31.6. The minimum Gasteiger partial charge on any atom is -0.310 e. The maximum Gasteiger partial charge on any atom is 0.0547 e. The Morgan fingerprint density at radius 1 is 0.418 bits per heavy atom. The van der Waals surface area contributed by atoms with Gasteiger partial charge in [-0.2, -0.15) is 0 Å². The highest BCUT2D eigenvalue weighted by molar-refractivity contribution is 6.24. The van der Waals surface area contributed by atoms with E-state index in [9.17, 15) is 0 Å². The van der Waals surface area contributed by atoms with Crippen molar-refractivity contribution in [2.24, 2.45) is 0 Å². The number of fused-ring (bicyclic) bond motifs is 9. The van der Waals surface area contributed by atoms with Crippen molar-refractivity contribution in [2.75, 3.05) is 4.90 Å². The van der Waals surface area contributed by atoms with Gasteiger partial charge in [-0.25, -0.2) is 0 Å². The average Bonchev–Trinajstić information content (AvgIpc) is 3.70. The molecule has 1 aliphatic rings. The van der Waals surface area contributed by atoms with E-state index in [0.717, 1.165) is 22.7 Å². The number of rotatable bonds is 5. The molecule has 0 bridgehead atoms. The van der Waals surface area contributed by atoms with Crippen molar-refractivity contribution in [1.29, 1.82) is 0 Å². The number of hydrogen-bond acceptors (Lipinski definition) is 1. The summed E-state index contributed by atoms with van der Waals surface area (Å²) in [6.07, 6.45) is 0. The van der Waals surface area contributed by atoms with Crippen LogP contribution in [0.2, 0.25) is 0 Å². The van der Waals surface area contributed by atoms with Crippen molar-refractivity contribution in [2.45, 2.75) is 19.3 Å². The predicted molar refractivity (Wildman–Crippen MR) is 233 cm³/mol. The normalized spacial score (nSPS) is 13.1. The molecule has 0 saturated heterocycles. The van der Waals surface area contributed by atoms with Gasteiger partial charge in [0.25, 0.3) is 0 Å². The summed E-state index contributed by atoms with van der Waals surface area (Å²) in [6, 6.07) is 71.3. The highest BCUT2D eigenvalue weighted by Crippen LogP contribution is 2.51. The molecule has 0 aliphatic heterocycles. The first-order valence-electron chi connectivity index (χ1n) is 19.2. The number of anilines is 3. The minimum atomic E-state index is -0.0999. The standard InChI is InChI=1S/C53H38N2/c1-53(2)46-23-10-8-20-43(46)44-32-31-40(34-47(44)53)54(48-25-13-17-35-16-6-7-19-41(35)48)38-27-29-39(30-28-38)55-49-24-11-9-21-45(49)52-50(55)33-26-37-18-12-22-42(51(37)52)36-14-4-3-5-15-36/h3-34H,1-2H3. The largest absolute Gasteiger partial charge is 0.310 e. The van der Waals surface area contributed by atoms with Crippen LogP contribution in [0.15, 0.2) is 194 Å². The zero-order valence-electron chi connectivity index (χ0n) is 30.9. The van der Waals surface area contributed by atoms with Gasteiger partial charge in [0.05, 0.1) is 16.7 Å². The Labute approximate surface area is 321 Å². The predicted octanol–water partition coefficient (Wildman–Crippen LogP) is 14.5. The van der Waals surface area contributed by atoms with Gasteiger partial charge < -0.3 is 9.47 Å². The van der Waals surface area contributed by atoms with Crippen LogP contribution in [-0.4, -0.2) is 4.57 Å². The van der Waals surface area contributed by atoms with Gasteiger partial charge in [-0.3, -0.25) is 0 Å². The Morgan fingerprint density at radius 2 is 1.07 bits per heavy atom. The lowest BCUT2D eigenvalue weighted by Crippen LogP contribution is -2.16. The Hall–Kier alpha value is -6.90. The maximum absolute atomic E-state index is 2.44. The van der Waals surface area contributed by atoms with E-state index in [2.05, 4.69) is 217 Å². The zero-order chi connectivity index (χ0) is 36.7. The van der Waals surface area contributed by atoms with E-state index in [-0.39, 0.29) is 5.41 Å². The van der Waals surface area contributed by atoms with Crippen molar-refractivity contribution in [3.8, 4) is 27.9 Å². The lowest BCUT2D eigenvalue weighted by Gasteiger charge is -2.29. The smallest absolute Gasteiger partial charge is 0.0547 e. The third kappa shape index (κ3) is 4.74. The van der Waals surface area contributed by atoms with E-state index in [1.54, 1.807) is 0 Å². The molecule has 2 heteroatoms. The molecular formula is C53H38N2. The fourth-order valence-electron chi connectivity index (χ4n) is 9.39. The molecule has 0 N–H and O–H groups in total. The summed E-state index contributed by atoms with van der Waals surface area (Å²) in [6.45, 7) is 4.71. The Balaban J connectivity index is 1.11. The molecule has 11 rings (SSSR count). The van der Waals surface area contributed by atoms with Crippen molar-refractivity contribution < 1.29 is 0 Å². The summed E-state index contributed by atoms with van der Waals surface area (Å²) in [7, 11) is 0. The van der Waals surface area contributed by atoms with Crippen LogP contribution in [0.1, 0.15) is 25.0 Å². The molecule has 0 unspecified atom stereocenters. The molecule has 0 radical (unpaired) electrons. The van der Waals surface area contributed by atoms with E-state index in [0.29, 0.717) is 0 Å². The molecule has 0 fully saturated rings. The third-order valence-corrected chi connectivity index (χ3v) is 12.0. The van der Waals surface area contributed by atoms with E-state index < -0.39 is 0 Å². The second-order valence-corrected chi connectivity index (χ2v) is 15.3. The van der Waals surface area contributed by atoms with Crippen molar-refractivity contribution >= 4 is 60.4 Å². The molecule has 260 valence electrons. The molecule has 2 nitrogen and oxygen atoms in total. The Kier molecular flexibility index (Phi) is 6.93. The highest BCUT2D eigenvalue weighted by atomic mass is 15.1. The van der Waals surface area contributed by atoms with E-state index in [4.69, 9.17) is 0 Å². The zero-order valence-corrected chi connectivity index (χ0v) is 30.9. The summed E-state index contributed by atoms with van der Waals surface area (Å²) < 4.78 is 2.44. The van der Waals surface area contributed by atoms with Crippen molar-refractivity contribution in [3.05, 3.63) is 205 Å². The third-order valence-electron chi connectivity index (χ3n) is 12.0. The van der Waals surface area contributed by atoms with Gasteiger partial charge in [-0.1, -0.05) is 153 Å². The van der Waals surface area contributed by atoms with Gasteiger partial charge in [0.1, 0.15) is 0 Å². The fourth-order valence-corrected chi connectivity index (χ4v) is 9.39. The van der Waals surface area contributed by atoms with Gasteiger partial charge in [0, 0.05) is 38.6 Å². The van der Waals surface area contributed by atoms with E-state index in [1.807, 2.05) is 0 Å². The molecule has 0 amide bonds. The van der Waals surface area contributed by atoms with Gasteiger partial charge in [-0.15, -0.1) is 0 Å². The Bertz CT molecular complexity index is 3110. The lowest BCUT2D eigenvalue weighted by molar-refractivity contribution is 0.660. The molecule has 1 heterocycles. The molecule has 1 aliphatic carbocycles. The molecule has 0 spiro atoms. The summed E-state index contributed by atoms with van der Waals surface area (Å²) in [5.74, 6) is 0. The first-order chi connectivity index (χ1) is 27.1. The van der Waals surface area contributed by atoms with Crippen LogP contribution >= 0.6 is 0 Å². The summed E-state index contributed by atoms with van der Waals surface area (Å²) >= 11 is 0. The van der Waals surface area contributed by atoms with Crippen LogP contribution in [0.5, 0.6) is 0 Å².